The first-order chi connectivity index (χ1) is 20.7. The minimum Gasteiger partial charge on any atom is -0.370 e. The van der Waals surface area contributed by atoms with Crippen LogP contribution in [0.4, 0.5) is 0 Å². The molecule has 13 nitrogen and oxygen atoms in total. The zero-order valence-electron chi connectivity index (χ0n) is 25.9. The minimum atomic E-state index is -1.08. The van der Waals surface area contributed by atoms with Crippen LogP contribution in [0.2, 0.25) is 0 Å². The molecule has 0 aromatic heterocycles. The molecule has 4 fully saturated rings. The molecule has 7 N–H and O–H groups in total. The van der Waals surface area contributed by atoms with E-state index in [0.29, 0.717) is 63.8 Å². The molecule has 4 rings (SSSR count). The van der Waals surface area contributed by atoms with Gasteiger partial charge in [-0.15, -0.1) is 0 Å². The van der Waals surface area contributed by atoms with Crippen LogP contribution >= 0.6 is 0 Å². The Bertz CT molecular complexity index is 989. The Labute approximate surface area is 255 Å². The maximum atomic E-state index is 14.0. The highest BCUT2D eigenvalue weighted by molar-refractivity contribution is 5.96. The van der Waals surface area contributed by atoms with Gasteiger partial charge in [-0.05, 0) is 70.4 Å². The standard InChI is InChI=1S/C30H52N8O5/c1-3-7-21(8-4-2)27(41)36-23(17-26(40)35-24-18-37-15-11-20(24)12-16-37)29(43)38-14-6-10-25(38)28(42)34-22(19-39)9-5-13-33-30(31)32/h19-25H,3-18H2,1-2H3,(H,34,42)(H,35,40)(H,36,41)(H4,31,32,33)/t22-,23-,24+,25-/m0/s1. The predicted molar refractivity (Wildman–Crippen MR) is 164 cm³/mol. The third-order valence-electron chi connectivity index (χ3n) is 8.95. The van der Waals surface area contributed by atoms with Gasteiger partial charge < -0.3 is 42.0 Å². The minimum absolute atomic E-state index is 0.0342. The van der Waals surface area contributed by atoms with Crippen molar-refractivity contribution in [1.82, 2.24) is 25.8 Å². The number of nitrogens with zero attached hydrogens (tertiary/aromatic N) is 3. The van der Waals surface area contributed by atoms with E-state index in [9.17, 15) is 24.0 Å². The number of carbonyl (C=O) groups is 5. The van der Waals surface area contributed by atoms with Crippen molar-refractivity contribution in [1.29, 1.82) is 0 Å². The van der Waals surface area contributed by atoms with E-state index in [1.807, 2.05) is 13.8 Å². The highest BCUT2D eigenvalue weighted by atomic mass is 16.2. The summed E-state index contributed by atoms with van der Waals surface area (Å²) in [6.07, 6.45) is 7.47. The molecule has 0 aromatic rings. The van der Waals surface area contributed by atoms with Crippen LogP contribution in [-0.2, 0) is 24.0 Å². The van der Waals surface area contributed by atoms with Gasteiger partial charge in [0.05, 0.1) is 12.5 Å². The number of amides is 4. The van der Waals surface area contributed by atoms with Crippen LogP contribution in [0.5, 0.6) is 0 Å². The normalized spacial score (nSPS) is 24.2. The van der Waals surface area contributed by atoms with E-state index in [1.54, 1.807) is 0 Å². The number of aliphatic imine (C=N–C) groups is 1. The van der Waals surface area contributed by atoms with Crippen molar-refractivity contribution < 1.29 is 24.0 Å². The first-order valence-corrected chi connectivity index (χ1v) is 16.1. The molecule has 0 aliphatic carbocycles. The first-order valence-electron chi connectivity index (χ1n) is 16.1. The summed E-state index contributed by atoms with van der Waals surface area (Å²) in [6, 6.07) is -2.59. The van der Waals surface area contributed by atoms with E-state index in [4.69, 9.17) is 11.5 Å². The van der Waals surface area contributed by atoms with Gasteiger partial charge in [0.25, 0.3) is 0 Å². The van der Waals surface area contributed by atoms with Crippen LogP contribution in [-0.4, -0.2) is 103 Å². The molecule has 13 heteroatoms. The lowest BCUT2D eigenvalue weighted by Gasteiger charge is -2.45. The van der Waals surface area contributed by atoms with E-state index >= 15 is 0 Å². The predicted octanol–water partition coefficient (Wildman–Crippen LogP) is 0.0164. The smallest absolute Gasteiger partial charge is 0.246 e. The molecule has 242 valence electrons. The van der Waals surface area contributed by atoms with Gasteiger partial charge in [0, 0.05) is 31.6 Å². The summed E-state index contributed by atoms with van der Waals surface area (Å²) in [5.74, 6) is -1.25. The van der Waals surface area contributed by atoms with Crippen molar-refractivity contribution in [2.75, 3.05) is 32.7 Å². The molecule has 0 saturated carbocycles. The summed E-state index contributed by atoms with van der Waals surface area (Å²) in [5.41, 5.74) is 10.7. The summed E-state index contributed by atoms with van der Waals surface area (Å²) in [7, 11) is 0. The van der Waals surface area contributed by atoms with E-state index < -0.39 is 29.9 Å². The third kappa shape index (κ3) is 10.2. The van der Waals surface area contributed by atoms with Crippen molar-refractivity contribution in [2.24, 2.45) is 28.3 Å². The summed E-state index contributed by atoms with van der Waals surface area (Å²) < 4.78 is 0. The highest BCUT2D eigenvalue weighted by Gasteiger charge is 2.40. The molecule has 0 aromatic carbocycles. The molecule has 4 atom stereocenters. The molecule has 4 amide bonds. The van der Waals surface area contributed by atoms with Gasteiger partial charge in [-0.3, -0.25) is 24.2 Å². The Morgan fingerprint density at radius 1 is 0.977 bits per heavy atom. The number of nitrogens with one attached hydrogen (secondary N) is 3. The second-order valence-electron chi connectivity index (χ2n) is 12.2. The summed E-state index contributed by atoms with van der Waals surface area (Å²) >= 11 is 0. The van der Waals surface area contributed by atoms with Gasteiger partial charge in [0.2, 0.25) is 23.6 Å². The van der Waals surface area contributed by atoms with E-state index in [-0.39, 0.29) is 36.2 Å². The monoisotopic (exact) mass is 604 g/mol. The van der Waals surface area contributed by atoms with Crippen molar-refractivity contribution in [2.45, 2.75) is 109 Å². The third-order valence-corrected chi connectivity index (χ3v) is 8.95. The molecule has 2 bridgehead atoms. The average molecular weight is 605 g/mol. The number of aldehydes is 1. The number of rotatable bonds is 17. The molecule has 43 heavy (non-hydrogen) atoms. The molecule has 4 aliphatic rings. The molecule has 0 radical (unpaired) electrons. The fourth-order valence-corrected chi connectivity index (χ4v) is 6.65. The number of hydrogen-bond acceptors (Lipinski definition) is 7. The average Bonchev–Trinajstić information content (AvgIpc) is 3.48. The van der Waals surface area contributed by atoms with Crippen molar-refractivity contribution in [3.05, 3.63) is 0 Å². The van der Waals surface area contributed by atoms with Gasteiger partial charge in [-0.2, -0.15) is 0 Å². The first kappa shape index (κ1) is 34.3. The highest BCUT2D eigenvalue weighted by Crippen LogP contribution is 2.28. The maximum Gasteiger partial charge on any atom is 0.246 e. The Balaban J connectivity index is 1.69. The number of likely N-dealkylation sites (tertiary alicyclic amines) is 1. The number of fused-ring (bicyclic) bond motifs is 3. The van der Waals surface area contributed by atoms with Crippen molar-refractivity contribution >= 4 is 35.9 Å². The van der Waals surface area contributed by atoms with Gasteiger partial charge in [-0.1, -0.05) is 26.7 Å². The van der Waals surface area contributed by atoms with Gasteiger partial charge in [0.1, 0.15) is 18.4 Å². The summed E-state index contributed by atoms with van der Waals surface area (Å²) in [6.45, 7) is 7.58. The second kappa shape index (κ2) is 17.2. The lowest BCUT2D eigenvalue weighted by atomic mass is 9.84. The number of piperidine rings is 3. The molecule has 4 saturated heterocycles. The zero-order valence-corrected chi connectivity index (χ0v) is 25.9. The Morgan fingerprint density at radius 3 is 2.26 bits per heavy atom. The summed E-state index contributed by atoms with van der Waals surface area (Å²) in [5, 5.41) is 8.77. The van der Waals surface area contributed by atoms with E-state index in [0.717, 1.165) is 45.3 Å². The van der Waals surface area contributed by atoms with Crippen LogP contribution in [0.1, 0.15) is 84.5 Å². The van der Waals surface area contributed by atoms with E-state index in [1.165, 1.54) is 4.90 Å². The Kier molecular flexibility index (Phi) is 13.7. The van der Waals surface area contributed by atoms with Gasteiger partial charge >= 0.3 is 0 Å². The van der Waals surface area contributed by atoms with Crippen LogP contribution in [0, 0.1) is 11.8 Å². The zero-order chi connectivity index (χ0) is 31.4. The van der Waals surface area contributed by atoms with E-state index in [2.05, 4.69) is 25.8 Å². The molecular formula is C30H52N8O5. The lowest BCUT2D eigenvalue weighted by Crippen LogP contribution is -2.59. The van der Waals surface area contributed by atoms with Crippen LogP contribution in [0.15, 0.2) is 4.99 Å². The molecule has 4 aliphatic heterocycles. The largest absolute Gasteiger partial charge is 0.370 e. The molecule has 4 heterocycles. The SMILES string of the molecule is CCCC(CCC)C(=O)N[C@@H](CC(=O)N[C@@H]1CN2CCC1CC2)C(=O)N1CCC[C@H]1C(=O)N[C@H](C=O)CCCN=C(N)N. The Morgan fingerprint density at radius 2 is 1.67 bits per heavy atom. The lowest BCUT2D eigenvalue weighted by molar-refractivity contribution is -0.143. The van der Waals surface area contributed by atoms with Crippen LogP contribution < -0.4 is 27.4 Å². The number of hydrogen-bond donors (Lipinski definition) is 5. The fraction of sp³-hybridized carbons (Fsp3) is 0.800. The topological polar surface area (TPSA) is 192 Å². The number of carbonyl (C=O) groups excluding carboxylic acids is 5. The fourth-order valence-electron chi connectivity index (χ4n) is 6.65. The molecular weight excluding hydrogens is 552 g/mol. The summed E-state index contributed by atoms with van der Waals surface area (Å²) in [4.78, 5) is 73.2. The van der Waals surface area contributed by atoms with Crippen LogP contribution in [0.25, 0.3) is 0 Å². The Hall–Kier alpha value is -3.22. The van der Waals surface area contributed by atoms with Crippen molar-refractivity contribution in [3.8, 4) is 0 Å². The number of guanidine groups is 1. The van der Waals surface area contributed by atoms with Crippen LogP contribution in [0.3, 0.4) is 0 Å². The van der Waals surface area contributed by atoms with Crippen molar-refractivity contribution in [3.63, 3.8) is 0 Å². The molecule has 0 unspecified atom stereocenters. The maximum absolute atomic E-state index is 14.0. The quantitative estimate of drug-likeness (QED) is 0.0664. The second-order valence-corrected chi connectivity index (χ2v) is 12.2. The molecule has 0 spiro atoms. The van der Waals surface area contributed by atoms with Gasteiger partial charge in [0.15, 0.2) is 5.96 Å². The van der Waals surface area contributed by atoms with Gasteiger partial charge in [-0.25, -0.2) is 0 Å². The number of nitrogens with two attached hydrogens (primary N) is 2.